The van der Waals surface area contributed by atoms with Gasteiger partial charge in [-0.1, -0.05) is 29.4 Å². The molecular weight excluding hydrogens is 360 g/mol. The predicted octanol–water partition coefficient (Wildman–Crippen LogP) is 2.42. The highest BCUT2D eigenvalue weighted by atomic mass is 35.5. The highest BCUT2D eigenvalue weighted by Gasteiger charge is 2.10. The van der Waals surface area contributed by atoms with E-state index < -0.39 is 0 Å². The Hall–Kier alpha value is -2.32. The molecule has 0 aliphatic carbocycles. The Morgan fingerprint density at radius 2 is 2.24 bits per heavy atom. The zero-order chi connectivity index (χ0) is 17.5. The molecule has 0 bridgehead atoms. The van der Waals surface area contributed by atoms with E-state index in [1.54, 1.807) is 24.9 Å². The van der Waals surface area contributed by atoms with Gasteiger partial charge in [0.25, 0.3) is 0 Å². The topological polar surface area (TPSA) is 77.6 Å². The lowest BCUT2D eigenvalue weighted by molar-refractivity contribution is -0.118. The SMILES string of the molecule is O=C(CSc1nncn1-c1cccc(Cl)c1)NCCCn1ccnc1. The van der Waals surface area contributed by atoms with E-state index in [1.807, 2.05) is 33.5 Å². The number of aromatic nitrogens is 5. The Balaban J connectivity index is 1.45. The quantitative estimate of drug-likeness (QED) is 0.482. The zero-order valence-corrected chi connectivity index (χ0v) is 15.0. The predicted molar refractivity (Wildman–Crippen MR) is 96.9 cm³/mol. The molecule has 130 valence electrons. The third kappa shape index (κ3) is 5.07. The van der Waals surface area contributed by atoms with Crippen molar-refractivity contribution in [3.63, 3.8) is 0 Å². The van der Waals surface area contributed by atoms with Crippen LogP contribution in [0.15, 0.2) is 54.5 Å². The van der Waals surface area contributed by atoms with Gasteiger partial charge in [0, 0.05) is 30.5 Å². The number of imidazole rings is 1. The first-order valence-electron chi connectivity index (χ1n) is 7.73. The summed E-state index contributed by atoms with van der Waals surface area (Å²) in [4.78, 5) is 16.0. The van der Waals surface area contributed by atoms with E-state index in [9.17, 15) is 4.79 Å². The zero-order valence-electron chi connectivity index (χ0n) is 13.4. The lowest BCUT2D eigenvalue weighted by Crippen LogP contribution is -2.27. The first-order valence-corrected chi connectivity index (χ1v) is 9.10. The van der Waals surface area contributed by atoms with Crippen LogP contribution < -0.4 is 5.32 Å². The molecule has 0 spiro atoms. The summed E-state index contributed by atoms with van der Waals surface area (Å²) in [5.74, 6) is 0.251. The number of hydrogen-bond acceptors (Lipinski definition) is 5. The van der Waals surface area contributed by atoms with Crippen LogP contribution in [0.1, 0.15) is 6.42 Å². The number of hydrogen-bond donors (Lipinski definition) is 1. The van der Waals surface area contributed by atoms with Crippen molar-refractivity contribution in [1.29, 1.82) is 0 Å². The third-order valence-electron chi connectivity index (χ3n) is 3.41. The molecule has 1 amide bonds. The van der Waals surface area contributed by atoms with E-state index in [4.69, 9.17) is 11.6 Å². The molecule has 3 rings (SSSR count). The average Bonchev–Trinajstić information content (AvgIpc) is 3.28. The maximum Gasteiger partial charge on any atom is 0.230 e. The molecule has 9 heteroatoms. The fraction of sp³-hybridized carbons (Fsp3) is 0.250. The molecule has 7 nitrogen and oxygen atoms in total. The monoisotopic (exact) mass is 376 g/mol. The molecule has 0 radical (unpaired) electrons. The normalized spacial score (nSPS) is 10.8. The Morgan fingerprint density at radius 3 is 3.04 bits per heavy atom. The molecule has 2 aromatic heterocycles. The summed E-state index contributed by atoms with van der Waals surface area (Å²) in [6.45, 7) is 1.45. The van der Waals surface area contributed by atoms with Crippen LogP contribution in [0.5, 0.6) is 0 Å². The molecule has 0 atom stereocenters. The van der Waals surface area contributed by atoms with Crippen molar-refractivity contribution >= 4 is 29.3 Å². The Labute approximate surface area is 154 Å². The van der Waals surface area contributed by atoms with Gasteiger partial charge in [-0.25, -0.2) is 4.98 Å². The molecule has 0 unspecified atom stereocenters. The van der Waals surface area contributed by atoms with Crippen LogP contribution in [0.4, 0.5) is 0 Å². The lowest BCUT2D eigenvalue weighted by atomic mass is 10.3. The van der Waals surface area contributed by atoms with Crippen molar-refractivity contribution in [3.8, 4) is 5.69 Å². The second-order valence-electron chi connectivity index (χ2n) is 5.26. The minimum Gasteiger partial charge on any atom is -0.355 e. The number of amides is 1. The minimum absolute atomic E-state index is 0.0312. The number of halogens is 1. The number of benzene rings is 1. The van der Waals surface area contributed by atoms with Crippen molar-refractivity contribution in [2.45, 2.75) is 18.1 Å². The second-order valence-corrected chi connectivity index (χ2v) is 6.64. The molecule has 0 saturated carbocycles. The maximum absolute atomic E-state index is 12.0. The molecule has 0 saturated heterocycles. The molecular formula is C16H17ClN6OS. The number of nitrogens with zero attached hydrogens (tertiary/aromatic N) is 5. The van der Waals surface area contributed by atoms with Crippen molar-refractivity contribution in [3.05, 3.63) is 54.3 Å². The van der Waals surface area contributed by atoms with Gasteiger partial charge < -0.3 is 9.88 Å². The summed E-state index contributed by atoms with van der Waals surface area (Å²) in [7, 11) is 0. The van der Waals surface area contributed by atoms with Crippen LogP contribution in [0.25, 0.3) is 5.69 Å². The van der Waals surface area contributed by atoms with E-state index in [0.717, 1.165) is 18.7 Å². The largest absolute Gasteiger partial charge is 0.355 e. The summed E-state index contributed by atoms with van der Waals surface area (Å²) in [6, 6.07) is 7.40. The van der Waals surface area contributed by atoms with Crippen LogP contribution in [-0.2, 0) is 11.3 Å². The molecule has 0 fully saturated rings. The lowest BCUT2D eigenvalue weighted by Gasteiger charge is -2.07. The van der Waals surface area contributed by atoms with Gasteiger partial charge in [-0.3, -0.25) is 9.36 Å². The van der Waals surface area contributed by atoms with Crippen LogP contribution in [0.3, 0.4) is 0 Å². The summed E-state index contributed by atoms with van der Waals surface area (Å²) in [5.41, 5.74) is 0.862. The number of aryl methyl sites for hydroxylation is 1. The molecule has 0 aliphatic rings. The highest BCUT2D eigenvalue weighted by Crippen LogP contribution is 2.21. The smallest absolute Gasteiger partial charge is 0.230 e. The highest BCUT2D eigenvalue weighted by molar-refractivity contribution is 7.99. The molecule has 2 heterocycles. The van der Waals surface area contributed by atoms with Crippen molar-refractivity contribution < 1.29 is 4.79 Å². The van der Waals surface area contributed by atoms with Gasteiger partial charge in [0.05, 0.1) is 17.8 Å². The van der Waals surface area contributed by atoms with E-state index in [-0.39, 0.29) is 11.7 Å². The number of thioether (sulfide) groups is 1. The van der Waals surface area contributed by atoms with Crippen LogP contribution in [0.2, 0.25) is 5.02 Å². The Kier molecular flexibility index (Phi) is 6.08. The van der Waals surface area contributed by atoms with Crippen LogP contribution in [-0.4, -0.2) is 42.5 Å². The standard InChI is InChI=1S/C16H17ClN6OS/c17-13-3-1-4-14(9-13)23-12-20-21-16(23)25-10-15(24)19-5-2-7-22-8-6-18-11-22/h1,3-4,6,8-9,11-12H,2,5,7,10H2,(H,19,24). The van der Waals surface area contributed by atoms with E-state index in [0.29, 0.717) is 16.7 Å². The summed E-state index contributed by atoms with van der Waals surface area (Å²) in [6.07, 6.45) is 7.87. The van der Waals surface area contributed by atoms with Gasteiger partial charge in [0.2, 0.25) is 5.91 Å². The van der Waals surface area contributed by atoms with Crippen LogP contribution >= 0.6 is 23.4 Å². The second kappa shape index (κ2) is 8.68. The van der Waals surface area contributed by atoms with Gasteiger partial charge in [-0.2, -0.15) is 0 Å². The third-order valence-corrected chi connectivity index (χ3v) is 4.59. The van der Waals surface area contributed by atoms with Gasteiger partial charge in [0.1, 0.15) is 6.33 Å². The van der Waals surface area contributed by atoms with Gasteiger partial charge >= 0.3 is 0 Å². The molecule has 1 aromatic carbocycles. The summed E-state index contributed by atoms with van der Waals surface area (Å²) >= 11 is 7.36. The molecule has 25 heavy (non-hydrogen) atoms. The van der Waals surface area contributed by atoms with Crippen molar-refractivity contribution in [2.75, 3.05) is 12.3 Å². The van der Waals surface area contributed by atoms with Crippen molar-refractivity contribution in [1.82, 2.24) is 29.6 Å². The fourth-order valence-electron chi connectivity index (χ4n) is 2.22. The van der Waals surface area contributed by atoms with Crippen molar-refractivity contribution in [2.24, 2.45) is 0 Å². The maximum atomic E-state index is 12.0. The fourth-order valence-corrected chi connectivity index (χ4v) is 3.16. The first kappa shape index (κ1) is 17.5. The van der Waals surface area contributed by atoms with Crippen LogP contribution in [0, 0.1) is 0 Å². The molecule has 0 aliphatic heterocycles. The summed E-state index contributed by atoms with van der Waals surface area (Å²) < 4.78 is 3.79. The van der Waals surface area contributed by atoms with E-state index in [2.05, 4.69) is 20.5 Å². The Morgan fingerprint density at radius 1 is 1.32 bits per heavy atom. The molecule has 3 aromatic rings. The Bertz CT molecular complexity index is 820. The van der Waals surface area contributed by atoms with Gasteiger partial charge in [-0.15, -0.1) is 10.2 Å². The number of nitrogens with one attached hydrogen (secondary N) is 1. The average molecular weight is 377 g/mol. The number of rotatable bonds is 8. The van der Waals surface area contributed by atoms with Gasteiger partial charge in [0.15, 0.2) is 5.16 Å². The van der Waals surface area contributed by atoms with E-state index in [1.165, 1.54) is 11.8 Å². The minimum atomic E-state index is -0.0312. The number of carbonyl (C=O) groups is 1. The first-order chi connectivity index (χ1) is 12.2. The van der Waals surface area contributed by atoms with E-state index >= 15 is 0 Å². The molecule has 1 N–H and O–H groups in total. The van der Waals surface area contributed by atoms with Gasteiger partial charge in [-0.05, 0) is 24.6 Å². The number of carbonyl (C=O) groups excluding carboxylic acids is 1. The summed E-state index contributed by atoms with van der Waals surface area (Å²) in [5, 5.41) is 12.2.